The number of aryl methyl sites for hydroxylation is 2. The minimum atomic E-state index is -3.50. The zero-order valence-corrected chi connectivity index (χ0v) is 17.1. The molecule has 1 aliphatic heterocycles. The minimum Gasteiger partial charge on any atom is -0.497 e. The van der Waals surface area contributed by atoms with Crippen LogP contribution in [0.15, 0.2) is 42.5 Å². The molecule has 0 fully saturated rings. The number of anilines is 2. The summed E-state index contributed by atoms with van der Waals surface area (Å²) in [6.07, 6.45) is 2.65. The monoisotopic (exact) mass is 402 g/mol. The molecule has 1 aliphatic rings. The number of amides is 1. The van der Waals surface area contributed by atoms with Gasteiger partial charge in [0.2, 0.25) is 15.9 Å². The highest BCUT2D eigenvalue weighted by molar-refractivity contribution is 7.92. The molecule has 150 valence electrons. The van der Waals surface area contributed by atoms with Crippen molar-refractivity contribution in [3.05, 3.63) is 53.6 Å². The van der Waals surface area contributed by atoms with Crippen LogP contribution in [0, 0.1) is 0 Å². The predicted octanol–water partition coefficient (Wildman–Crippen LogP) is 3.37. The normalized spacial score (nSPS) is 13.7. The highest BCUT2D eigenvalue weighted by Gasteiger charge is 2.22. The quantitative estimate of drug-likeness (QED) is 0.770. The molecular weight excluding hydrogens is 376 g/mol. The van der Waals surface area contributed by atoms with Gasteiger partial charge < -0.3 is 9.64 Å². The molecule has 0 spiro atoms. The van der Waals surface area contributed by atoms with E-state index in [9.17, 15) is 13.2 Å². The zero-order chi connectivity index (χ0) is 20.1. The topological polar surface area (TPSA) is 75.7 Å². The Hall–Kier alpha value is -2.54. The van der Waals surface area contributed by atoms with Crippen LogP contribution in [0.2, 0.25) is 0 Å². The Morgan fingerprint density at radius 3 is 2.61 bits per heavy atom. The number of methoxy groups -OCH3 is 1. The molecule has 1 N–H and O–H groups in total. The van der Waals surface area contributed by atoms with Crippen LogP contribution in [0.25, 0.3) is 0 Å². The molecule has 2 aromatic carbocycles. The lowest BCUT2D eigenvalue weighted by Crippen LogP contribution is -2.35. The van der Waals surface area contributed by atoms with Crippen molar-refractivity contribution in [3.63, 3.8) is 0 Å². The third-order valence-electron chi connectivity index (χ3n) is 4.90. The third kappa shape index (κ3) is 4.84. The molecule has 0 saturated heterocycles. The minimum absolute atomic E-state index is 0.0198. The van der Waals surface area contributed by atoms with Gasteiger partial charge in [-0.15, -0.1) is 0 Å². The van der Waals surface area contributed by atoms with Gasteiger partial charge in [0.25, 0.3) is 0 Å². The number of nitrogens with one attached hydrogen (secondary N) is 1. The standard InChI is InChI=1S/C21H26N2O4S/c1-3-21(24)23-13-4-5-17-8-9-18(15-20(17)23)22-28(25,26)14-12-16-6-10-19(27-2)11-7-16/h6-11,15,22H,3-5,12-14H2,1-2H3. The maximum absolute atomic E-state index is 12.5. The van der Waals surface area contributed by atoms with Crippen LogP contribution in [0.1, 0.15) is 30.9 Å². The molecular formula is C21H26N2O4S. The summed E-state index contributed by atoms with van der Waals surface area (Å²) in [5.41, 5.74) is 3.31. The molecule has 1 heterocycles. The van der Waals surface area contributed by atoms with Gasteiger partial charge in [0.15, 0.2) is 0 Å². The SMILES string of the molecule is CCC(=O)N1CCCc2ccc(NS(=O)(=O)CCc3ccc(OC)cc3)cc21. The maximum atomic E-state index is 12.5. The molecule has 28 heavy (non-hydrogen) atoms. The number of hydrogen-bond donors (Lipinski definition) is 1. The number of nitrogens with zero attached hydrogens (tertiary/aromatic N) is 1. The van der Waals surface area contributed by atoms with Crippen molar-refractivity contribution in [2.45, 2.75) is 32.6 Å². The summed E-state index contributed by atoms with van der Waals surface area (Å²) in [6, 6.07) is 12.8. The molecule has 0 aliphatic carbocycles. The molecule has 0 bridgehead atoms. The Bertz CT molecular complexity index is 939. The summed E-state index contributed by atoms with van der Waals surface area (Å²) in [4.78, 5) is 14.0. The lowest BCUT2D eigenvalue weighted by Gasteiger charge is -2.29. The van der Waals surface area contributed by atoms with E-state index in [1.165, 1.54) is 0 Å². The first-order chi connectivity index (χ1) is 13.4. The number of fused-ring (bicyclic) bond motifs is 1. The van der Waals surface area contributed by atoms with Gasteiger partial charge >= 0.3 is 0 Å². The van der Waals surface area contributed by atoms with Gasteiger partial charge in [0, 0.05) is 18.7 Å². The van der Waals surface area contributed by atoms with Crippen LogP contribution in [-0.4, -0.2) is 33.7 Å². The smallest absolute Gasteiger partial charge is 0.233 e. The van der Waals surface area contributed by atoms with Gasteiger partial charge in [-0.05, 0) is 54.7 Å². The first-order valence-electron chi connectivity index (χ1n) is 9.48. The molecule has 7 heteroatoms. The Labute approximate surface area is 166 Å². The van der Waals surface area contributed by atoms with E-state index in [1.807, 2.05) is 37.3 Å². The average Bonchev–Trinajstić information content (AvgIpc) is 2.71. The second-order valence-electron chi connectivity index (χ2n) is 6.86. The van der Waals surface area contributed by atoms with Gasteiger partial charge in [0.05, 0.1) is 18.6 Å². The van der Waals surface area contributed by atoms with Gasteiger partial charge in [0.1, 0.15) is 5.75 Å². The van der Waals surface area contributed by atoms with Crippen molar-refractivity contribution in [2.24, 2.45) is 0 Å². The number of ether oxygens (including phenoxy) is 1. The Balaban J connectivity index is 1.70. The highest BCUT2D eigenvalue weighted by Crippen LogP contribution is 2.31. The van der Waals surface area contributed by atoms with Crippen LogP contribution in [-0.2, 0) is 27.7 Å². The number of carbonyl (C=O) groups excluding carboxylic acids is 1. The van der Waals surface area contributed by atoms with Crippen LogP contribution in [0.3, 0.4) is 0 Å². The summed E-state index contributed by atoms with van der Waals surface area (Å²) < 4.78 is 32.8. The summed E-state index contributed by atoms with van der Waals surface area (Å²) in [7, 11) is -1.91. The molecule has 0 saturated carbocycles. The van der Waals surface area contributed by atoms with Gasteiger partial charge in [-0.1, -0.05) is 25.1 Å². The molecule has 0 radical (unpaired) electrons. The van der Waals surface area contributed by atoms with E-state index in [1.54, 1.807) is 24.1 Å². The van der Waals surface area contributed by atoms with E-state index in [-0.39, 0.29) is 11.7 Å². The number of benzene rings is 2. The van der Waals surface area contributed by atoms with Crippen LogP contribution >= 0.6 is 0 Å². The predicted molar refractivity (Wildman–Crippen MR) is 112 cm³/mol. The third-order valence-corrected chi connectivity index (χ3v) is 6.19. The number of hydrogen-bond acceptors (Lipinski definition) is 4. The van der Waals surface area contributed by atoms with Crippen LogP contribution < -0.4 is 14.4 Å². The van der Waals surface area contributed by atoms with Crippen LogP contribution in [0.5, 0.6) is 5.75 Å². The van der Waals surface area contributed by atoms with E-state index in [0.29, 0.717) is 25.1 Å². The van der Waals surface area contributed by atoms with E-state index >= 15 is 0 Å². The Morgan fingerprint density at radius 2 is 1.93 bits per heavy atom. The fourth-order valence-corrected chi connectivity index (χ4v) is 4.46. The number of sulfonamides is 1. The van der Waals surface area contributed by atoms with E-state index in [2.05, 4.69) is 4.72 Å². The fraction of sp³-hybridized carbons (Fsp3) is 0.381. The molecule has 0 aromatic heterocycles. The second kappa shape index (κ2) is 8.65. The van der Waals surface area contributed by atoms with Gasteiger partial charge in [-0.2, -0.15) is 0 Å². The summed E-state index contributed by atoms with van der Waals surface area (Å²) in [5.74, 6) is 0.777. The molecule has 6 nitrogen and oxygen atoms in total. The first kappa shape index (κ1) is 20.2. The van der Waals surface area contributed by atoms with E-state index in [4.69, 9.17) is 4.74 Å². The molecule has 3 rings (SSSR count). The fourth-order valence-electron chi connectivity index (χ4n) is 3.36. The van der Waals surface area contributed by atoms with Crippen molar-refractivity contribution in [3.8, 4) is 5.75 Å². The summed E-state index contributed by atoms with van der Waals surface area (Å²) in [6.45, 7) is 2.51. The molecule has 0 atom stereocenters. The molecule has 2 aromatic rings. The number of rotatable bonds is 7. The summed E-state index contributed by atoms with van der Waals surface area (Å²) >= 11 is 0. The average molecular weight is 403 g/mol. The number of carbonyl (C=O) groups is 1. The van der Waals surface area contributed by atoms with Crippen molar-refractivity contribution in [1.29, 1.82) is 0 Å². The van der Waals surface area contributed by atoms with Gasteiger partial charge in [-0.3, -0.25) is 9.52 Å². The Kier molecular flexibility index (Phi) is 6.24. The molecule has 1 amide bonds. The van der Waals surface area contributed by atoms with Crippen molar-refractivity contribution >= 4 is 27.3 Å². The molecule has 0 unspecified atom stereocenters. The van der Waals surface area contributed by atoms with Crippen molar-refractivity contribution in [2.75, 3.05) is 29.0 Å². The first-order valence-corrected chi connectivity index (χ1v) is 11.1. The highest BCUT2D eigenvalue weighted by atomic mass is 32.2. The summed E-state index contributed by atoms with van der Waals surface area (Å²) in [5, 5.41) is 0. The van der Waals surface area contributed by atoms with Crippen molar-refractivity contribution < 1.29 is 17.9 Å². The van der Waals surface area contributed by atoms with Gasteiger partial charge in [-0.25, -0.2) is 8.42 Å². The van der Waals surface area contributed by atoms with Crippen molar-refractivity contribution in [1.82, 2.24) is 0 Å². The van der Waals surface area contributed by atoms with E-state index < -0.39 is 10.0 Å². The second-order valence-corrected chi connectivity index (χ2v) is 8.71. The zero-order valence-electron chi connectivity index (χ0n) is 16.3. The Morgan fingerprint density at radius 1 is 1.18 bits per heavy atom. The largest absolute Gasteiger partial charge is 0.497 e. The van der Waals surface area contributed by atoms with Crippen LogP contribution in [0.4, 0.5) is 11.4 Å². The lowest BCUT2D eigenvalue weighted by atomic mass is 10.0. The maximum Gasteiger partial charge on any atom is 0.233 e. The van der Waals surface area contributed by atoms with E-state index in [0.717, 1.165) is 35.4 Å². The lowest BCUT2D eigenvalue weighted by molar-refractivity contribution is -0.118.